The molecule has 0 heterocycles. The van der Waals surface area contributed by atoms with Gasteiger partial charge in [-0.25, -0.2) is 4.89 Å². The molecule has 5 heavy (non-hydrogen) atoms. The maximum absolute atomic E-state index is 7.52. The molecule has 0 aliphatic carbocycles. The van der Waals surface area contributed by atoms with Gasteiger partial charge in [0.1, 0.15) is 6.23 Å². The van der Waals surface area contributed by atoms with Crippen molar-refractivity contribution in [2.24, 2.45) is 5.73 Å². The van der Waals surface area contributed by atoms with Crippen LogP contribution in [0, 0.1) is 0 Å². The molecule has 0 aliphatic rings. The van der Waals surface area contributed by atoms with E-state index in [2.05, 4.69) is 4.89 Å². The van der Waals surface area contributed by atoms with Gasteiger partial charge >= 0.3 is 0 Å². The average molecular weight is 77.1 g/mol. The topological polar surface area (TPSA) is 55.5 Å². The SMILES string of the molecule is CC(N)OO. The molecule has 0 spiro atoms. The maximum atomic E-state index is 7.52. The molecule has 0 aromatic rings. The second-order valence-electron chi connectivity index (χ2n) is 0.811. The molecule has 3 N–H and O–H groups in total. The largest absolute Gasteiger partial charge is 0.304 e. The van der Waals surface area contributed by atoms with Gasteiger partial charge in [0.15, 0.2) is 0 Å². The lowest BCUT2D eigenvalue weighted by atomic mass is 10.7. The van der Waals surface area contributed by atoms with Crippen LogP contribution in [0.1, 0.15) is 6.92 Å². The summed E-state index contributed by atoms with van der Waals surface area (Å²) >= 11 is 0. The summed E-state index contributed by atoms with van der Waals surface area (Å²) in [5, 5.41) is 7.52. The first-order valence-corrected chi connectivity index (χ1v) is 1.33. The van der Waals surface area contributed by atoms with Gasteiger partial charge in [0.2, 0.25) is 0 Å². The van der Waals surface area contributed by atoms with Gasteiger partial charge < -0.3 is 5.73 Å². The molecule has 3 nitrogen and oxygen atoms in total. The molecule has 0 radical (unpaired) electrons. The number of rotatable bonds is 1. The Morgan fingerprint density at radius 2 is 2.20 bits per heavy atom. The predicted octanol–water partition coefficient (Wildman–Crippen LogP) is -0.219. The first kappa shape index (κ1) is 4.88. The fourth-order valence-corrected chi connectivity index (χ4v) is 0. The predicted molar refractivity (Wildman–Crippen MR) is 17.4 cm³/mol. The number of hydrogen-bond donors (Lipinski definition) is 2. The van der Waals surface area contributed by atoms with Crippen molar-refractivity contribution >= 4 is 0 Å². The van der Waals surface area contributed by atoms with Gasteiger partial charge in [-0.2, -0.15) is 0 Å². The average Bonchev–Trinajstić information content (AvgIpc) is 1.38. The molecule has 0 bridgehead atoms. The third-order valence-corrected chi connectivity index (χ3v) is 0.166. The minimum Gasteiger partial charge on any atom is -0.304 e. The van der Waals surface area contributed by atoms with Crippen molar-refractivity contribution < 1.29 is 10.1 Å². The summed E-state index contributed by atoms with van der Waals surface area (Å²) in [5.41, 5.74) is 4.82. The number of nitrogens with two attached hydrogens (primary N) is 1. The third-order valence-electron chi connectivity index (χ3n) is 0.166. The van der Waals surface area contributed by atoms with Gasteiger partial charge in [-0.15, -0.1) is 0 Å². The zero-order valence-corrected chi connectivity index (χ0v) is 3.01. The molecular formula is C2H7NO2. The van der Waals surface area contributed by atoms with Crippen molar-refractivity contribution in [3.63, 3.8) is 0 Å². The lowest BCUT2D eigenvalue weighted by Crippen LogP contribution is -2.16. The maximum Gasteiger partial charge on any atom is 0.138 e. The molecule has 0 saturated heterocycles. The van der Waals surface area contributed by atoms with Crippen LogP contribution in [0.3, 0.4) is 0 Å². The molecule has 0 rings (SSSR count). The van der Waals surface area contributed by atoms with Crippen LogP contribution >= 0.6 is 0 Å². The summed E-state index contributed by atoms with van der Waals surface area (Å²) in [7, 11) is 0. The second kappa shape index (κ2) is 2.14. The van der Waals surface area contributed by atoms with E-state index in [-0.39, 0.29) is 0 Å². The van der Waals surface area contributed by atoms with Crippen LogP contribution in [-0.4, -0.2) is 11.5 Å². The van der Waals surface area contributed by atoms with E-state index in [1.165, 1.54) is 6.92 Å². The van der Waals surface area contributed by atoms with Crippen molar-refractivity contribution in [2.75, 3.05) is 0 Å². The van der Waals surface area contributed by atoms with E-state index in [0.29, 0.717) is 0 Å². The normalized spacial score (nSPS) is 15.0. The minimum absolute atomic E-state index is 0.560. The molecule has 0 aromatic carbocycles. The molecule has 1 unspecified atom stereocenters. The Hall–Kier alpha value is -0.120. The Kier molecular flexibility index (Phi) is 2.09. The molecular weight excluding hydrogens is 70.0 g/mol. The van der Waals surface area contributed by atoms with E-state index >= 15 is 0 Å². The van der Waals surface area contributed by atoms with Crippen molar-refractivity contribution in [3.8, 4) is 0 Å². The minimum atomic E-state index is -0.560. The van der Waals surface area contributed by atoms with E-state index in [1.54, 1.807) is 0 Å². The zero-order valence-electron chi connectivity index (χ0n) is 3.01. The van der Waals surface area contributed by atoms with Crippen LogP contribution in [0.4, 0.5) is 0 Å². The fraction of sp³-hybridized carbons (Fsp3) is 1.00. The number of hydrogen-bond acceptors (Lipinski definition) is 3. The summed E-state index contributed by atoms with van der Waals surface area (Å²) in [6.45, 7) is 1.53. The van der Waals surface area contributed by atoms with Crippen molar-refractivity contribution in [2.45, 2.75) is 13.2 Å². The van der Waals surface area contributed by atoms with Gasteiger partial charge in [-0.1, -0.05) is 0 Å². The van der Waals surface area contributed by atoms with Crippen molar-refractivity contribution in [1.29, 1.82) is 0 Å². The lowest BCUT2D eigenvalue weighted by Gasteiger charge is -1.92. The monoisotopic (exact) mass is 77.0 g/mol. The highest BCUT2D eigenvalue weighted by Crippen LogP contribution is 1.66. The summed E-state index contributed by atoms with van der Waals surface area (Å²) in [6, 6.07) is 0. The molecule has 3 heteroatoms. The van der Waals surface area contributed by atoms with E-state index in [0.717, 1.165) is 0 Å². The first-order chi connectivity index (χ1) is 2.27. The van der Waals surface area contributed by atoms with E-state index in [4.69, 9.17) is 11.0 Å². The van der Waals surface area contributed by atoms with Crippen LogP contribution < -0.4 is 5.73 Å². The first-order valence-electron chi connectivity index (χ1n) is 1.33. The zero-order chi connectivity index (χ0) is 4.28. The molecule has 32 valence electrons. The fourth-order valence-electron chi connectivity index (χ4n) is 0. The lowest BCUT2D eigenvalue weighted by molar-refractivity contribution is -0.272. The molecule has 1 atom stereocenters. The van der Waals surface area contributed by atoms with Gasteiger partial charge in [-0.05, 0) is 6.92 Å². The van der Waals surface area contributed by atoms with Crippen LogP contribution in [0.15, 0.2) is 0 Å². The molecule has 0 saturated carbocycles. The Bertz CT molecular complexity index is 21.6. The molecule has 0 aliphatic heterocycles. The third kappa shape index (κ3) is 3.88. The Balaban J connectivity index is 2.54. The highest BCUT2D eigenvalue weighted by molar-refractivity contribution is 4.20. The van der Waals surface area contributed by atoms with Gasteiger partial charge in [0.25, 0.3) is 0 Å². The van der Waals surface area contributed by atoms with Crippen LogP contribution in [-0.2, 0) is 4.89 Å². The Labute approximate surface area is 30.3 Å². The van der Waals surface area contributed by atoms with E-state index in [1.807, 2.05) is 0 Å². The Morgan fingerprint density at radius 1 is 2.00 bits per heavy atom. The van der Waals surface area contributed by atoms with Gasteiger partial charge in [-0.3, -0.25) is 5.26 Å². The smallest absolute Gasteiger partial charge is 0.138 e. The summed E-state index contributed by atoms with van der Waals surface area (Å²) in [5.74, 6) is 0. The highest BCUT2D eigenvalue weighted by Gasteiger charge is 1.81. The van der Waals surface area contributed by atoms with Crippen molar-refractivity contribution in [1.82, 2.24) is 0 Å². The van der Waals surface area contributed by atoms with Crippen LogP contribution in [0.5, 0.6) is 0 Å². The Morgan fingerprint density at radius 3 is 2.20 bits per heavy atom. The molecule has 0 amide bonds. The van der Waals surface area contributed by atoms with Crippen LogP contribution in [0.25, 0.3) is 0 Å². The summed E-state index contributed by atoms with van der Waals surface area (Å²) < 4.78 is 0. The standard InChI is InChI=1S/C2H7NO2/c1-2(3)5-4/h2,4H,3H2,1H3. The second-order valence-corrected chi connectivity index (χ2v) is 0.811. The van der Waals surface area contributed by atoms with Gasteiger partial charge in [0.05, 0.1) is 0 Å². The molecule has 0 aromatic heterocycles. The van der Waals surface area contributed by atoms with Crippen molar-refractivity contribution in [3.05, 3.63) is 0 Å². The molecule has 0 fully saturated rings. The van der Waals surface area contributed by atoms with Gasteiger partial charge in [0, 0.05) is 0 Å². The van der Waals surface area contributed by atoms with Crippen LogP contribution in [0.2, 0.25) is 0 Å². The highest BCUT2D eigenvalue weighted by atomic mass is 17.1. The summed E-state index contributed by atoms with van der Waals surface area (Å²) in [4.78, 5) is 3.53. The van der Waals surface area contributed by atoms with E-state index < -0.39 is 6.23 Å². The van der Waals surface area contributed by atoms with E-state index in [9.17, 15) is 0 Å². The summed E-state index contributed by atoms with van der Waals surface area (Å²) in [6.07, 6.45) is -0.560. The quantitative estimate of drug-likeness (QED) is 0.258.